The summed E-state index contributed by atoms with van der Waals surface area (Å²) in [6.45, 7) is 5.95. The third-order valence-electron chi connectivity index (χ3n) is 5.81. The highest BCUT2D eigenvalue weighted by Gasteiger charge is 2.45. The van der Waals surface area contributed by atoms with Crippen molar-refractivity contribution < 1.29 is 9.72 Å². The van der Waals surface area contributed by atoms with Crippen molar-refractivity contribution in [2.45, 2.75) is 39.5 Å². The number of non-ortho nitro benzene ring substituents is 1. The van der Waals surface area contributed by atoms with Crippen LogP contribution in [0.15, 0.2) is 53.0 Å². The Hall–Kier alpha value is -3.15. The zero-order valence-corrected chi connectivity index (χ0v) is 19.4. The van der Waals surface area contributed by atoms with Gasteiger partial charge >= 0.3 is 0 Å². The number of aryl methyl sites for hydroxylation is 1. The van der Waals surface area contributed by atoms with Crippen molar-refractivity contribution in [3.63, 3.8) is 0 Å². The molecule has 0 fully saturated rings. The van der Waals surface area contributed by atoms with Crippen LogP contribution in [0, 0.1) is 33.8 Å². The van der Waals surface area contributed by atoms with Gasteiger partial charge < -0.3 is 5.73 Å². The number of nitrogens with zero attached hydrogens (tertiary/aromatic N) is 3. The molecule has 0 spiro atoms. The van der Waals surface area contributed by atoms with E-state index in [0.29, 0.717) is 24.1 Å². The fourth-order valence-corrected chi connectivity index (χ4v) is 5.66. The number of hydrogen-bond acceptors (Lipinski definition) is 7. The number of rotatable bonds is 3. The third-order valence-corrected chi connectivity index (χ3v) is 7.19. The van der Waals surface area contributed by atoms with E-state index in [9.17, 15) is 20.2 Å². The maximum absolute atomic E-state index is 13.4. The van der Waals surface area contributed by atoms with E-state index in [0.717, 1.165) is 9.75 Å². The summed E-state index contributed by atoms with van der Waals surface area (Å²) in [7, 11) is 0. The lowest BCUT2D eigenvalue weighted by molar-refractivity contribution is -0.384. The highest BCUT2D eigenvalue weighted by molar-refractivity contribution is 7.12. The number of thiophene rings is 1. The molecule has 2 N–H and O–H groups in total. The van der Waals surface area contributed by atoms with Crippen LogP contribution in [0.3, 0.4) is 0 Å². The second kappa shape index (κ2) is 7.76. The standard InChI is InChI=1S/C23H21ClN4O3S/c1-12-4-7-19(32-12)20-14(11-25)22(26)27(16-8-13(28(30)31)5-6-15(16)24)17-9-23(2,3)10-18(29)21(17)20/h4-8,20H,9-10,26H2,1-3H3. The van der Waals surface area contributed by atoms with Crippen molar-refractivity contribution in [2.75, 3.05) is 4.90 Å². The topological polar surface area (TPSA) is 113 Å². The minimum absolute atomic E-state index is 0.0564. The molecule has 9 heteroatoms. The van der Waals surface area contributed by atoms with E-state index in [1.54, 1.807) is 4.90 Å². The molecule has 1 aromatic heterocycles. The molecule has 2 aliphatic rings. The van der Waals surface area contributed by atoms with Crippen LogP contribution in [-0.4, -0.2) is 10.7 Å². The summed E-state index contributed by atoms with van der Waals surface area (Å²) < 4.78 is 0. The van der Waals surface area contributed by atoms with Gasteiger partial charge in [0.15, 0.2) is 5.78 Å². The molecule has 0 saturated heterocycles. The number of Topliss-reactive ketones (excluding diaryl/α,β-unsaturated/α-hetero) is 1. The Morgan fingerprint density at radius 3 is 2.62 bits per heavy atom. The van der Waals surface area contributed by atoms with Gasteiger partial charge in [0, 0.05) is 39.6 Å². The summed E-state index contributed by atoms with van der Waals surface area (Å²) in [5.74, 6) is -0.486. The van der Waals surface area contributed by atoms with Gasteiger partial charge in [-0.1, -0.05) is 25.4 Å². The molecule has 1 atom stereocenters. The number of carbonyl (C=O) groups excluding carboxylic acids is 1. The number of halogens is 1. The zero-order valence-electron chi connectivity index (χ0n) is 17.8. The van der Waals surface area contributed by atoms with E-state index in [4.69, 9.17) is 17.3 Å². The van der Waals surface area contributed by atoms with E-state index in [1.165, 1.54) is 29.5 Å². The lowest BCUT2D eigenvalue weighted by atomic mass is 9.69. The number of allylic oxidation sites excluding steroid dienone is 3. The highest BCUT2D eigenvalue weighted by atomic mass is 35.5. The number of anilines is 1. The maximum Gasteiger partial charge on any atom is 0.271 e. The van der Waals surface area contributed by atoms with Gasteiger partial charge in [0.1, 0.15) is 5.82 Å². The first-order chi connectivity index (χ1) is 15.0. The van der Waals surface area contributed by atoms with Gasteiger partial charge in [-0.05, 0) is 37.0 Å². The van der Waals surface area contributed by atoms with Crippen LogP contribution in [0.2, 0.25) is 5.02 Å². The van der Waals surface area contributed by atoms with E-state index >= 15 is 0 Å². The minimum atomic E-state index is -0.564. The van der Waals surface area contributed by atoms with Gasteiger partial charge in [0.25, 0.3) is 5.69 Å². The van der Waals surface area contributed by atoms with E-state index < -0.39 is 10.8 Å². The van der Waals surface area contributed by atoms with Gasteiger partial charge in [-0.25, -0.2) is 0 Å². The minimum Gasteiger partial charge on any atom is -0.384 e. The van der Waals surface area contributed by atoms with Gasteiger partial charge in [0.2, 0.25) is 0 Å². The number of carbonyl (C=O) groups is 1. The molecule has 0 bridgehead atoms. The monoisotopic (exact) mass is 468 g/mol. The molecule has 0 radical (unpaired) electrons. The first-order valence-electron chi connectivity index (χ1n) is 10.0. The Bertz CT molecular complexity index is 1270. The average Bonchev–Trinajstić information content (AvgIpc) is 3.13. The fraction of sp³-hybridized carbons (Fsp3) is 0.304. The number of nitro benzene ring substituents is 1. The van der Waals surface area contributed by atoms with Crippen LogP contribution < -0.4 is 10.6 Å². The molecule has 4 rings (SSSR count). The predicted octanol–water partition coefficient (Wildman–Crippen LogP) is 5.56. The second-order valence-corrected chi connectivity index (χ2v) is 10.5. The largest absolute Gasteiger partial charge is 0.384 e. The molecule has 7 nitrogen and oxygen atoms in total. The Morgan fingerprint density at radius 2 is 2.03 bits per heavy atom. The predicted molar refractivity (Wildman–Crippen MR) is 124 cm³/mol. The Kier molecular flexibility index (Phi) is 5.35. The molecule has 0 amide bonds. The second-order valence-electron chi connectivity index (χ2n) is 8.82. The van der Waals surface area contributed by atoms with Crippen molar-refractivity contribution in [1.29, 1.82) is 5.26 Å². The van der Waals surface area contributed by atoms with E-state index in [-0.39, 0.29) is 39.0 Å². The van der Waals surface area contributed by atoms with Gasteiger partial charge in [-0.2, -0.15) is 5.26 Å². The van der Waals surface area contributed by atoms with Crippen LogP contribution in [0.4, 0.5) is 11.4 Å². The molecule has 1 aromatic carbocycles. The van der Waals surface area contributed by atoms with Gasteiger partial charge in [-0.3, -0.25) is 19.8 Å². The van der Waals surface area contributed by atoms with Crippen LogP contribution in [0.5, 0.6) is 0 Å². The molecule has 1 unspecified atom stereocenters. The van der Waals surface area contributed by atoms with Crippen molar-refractivity contribution in [3.8, 4) is 6.07 Å². The summed E-state index contributed by atoms with van der Waals surface area (Å²) >= 11 is 7.97. The molecule has 2 heterocycles. The molecular formula is C23H21ClN4O3S. The number of nitrogens with two attached hydrogens (primary N) is 1. The van der Waals surface area contributed by atoms with E-state index in [1.807, 2.05) is 32.9 Å². The van der Waals surface area contributed by atoms with Crippen LogP contribution in [-0.2, 0) is 4.79 Å². The molecular weight excluding hydrogens is 448 g/mol. The van der Waals surface area contributed by atoms with Gasteiger partial charge in [0.05, 0.1) is 33.2 Å². The quantitative estimate of drug-likeness (QED) is 0.466. The zero-order chi connectivity index (χ0) is 23.4. The molecule has 164 valence electrons. The summed E-state index contributed by atoms with van der Waals surface area (Å²) in [6, 6.07) is 10.1. The molecule has 1 aliphatic heterocycles. The molecule has 32 heavy (non-hydrogen) atoms. The van der Waals surface area contributed by atoms with Crippen LogP contribution >= 0.6 is 22.9 Å². The highest BCUT2D eigenvalue weighted by Crippen LogP contribution is 2.52. The molecule has 0 saturated carbocycles. The van der Waals surface area contributed by atoms with Gasteiger partial charge in [-0.15, -0.1) is 11.3 Å². The lowest BCUT2D eigenvalue weighted by Crippen LogP contribution is -2.42. The summed E-state index contributed by atoms with van der Waals surface area (Å²) in [6.07, 6.45) is 0.842. The van der Waals surface area contributed by atoms with Crippen LogP contribution in [0.1, 0.15) is 42.4 Å². The SMILES string of the molecule is Cc1ccc(C2C(C#N)=C(N)N(c3cc([N+](=O)[O-])ccc3Cl)C3=C2C(=O)CC(C)(C)C3)s1. The Balaban J connectivity index is 2.03. The fourth-order valence-electron chi connectivity index (χ4n) is 4.46. The van der Waals surface area contributed by atoms with Crippen molar-refractivity contribution in [2.24, 2.45) is 11.1 Å². The number of nitriles is 1. The first kappa shape index (κ1) is 22.1. The Labute approximate surface area is 194 Å². The Morgan fingerprint density at radius 1 is 1.31 bits per heavy atom. The van der Waals surface area contributed by atoms with Crippen molar-refractivity contribution >= 4 is 40.1 Å². The molecule has 2 aromatic rings. The third kappa shape index (κ3) is 3.57. The smallest absolute Gasteiger partial charge is 0.271 e. The number of nitro groups is 1. The van der Waals surface area contributed by atoms with Crippen molar-refractivity contribution in [3.05, 3.63) is 77.9 Å². The maximum atomic E-state index is 13.4. The van der Waals surface area contributed by atoms with Crippen molar-refractivity contribution in [1.82, 2.24) is 0 Å². The summed E-state index contributed by atoms with van der Waals surface area (Å²) in [5, 5.41) is 21.7. The molecule has 1 aliphatic carbocycles. The number of ketones is 1. The lowest BCUT2D eigenvalue weighted by Gasteiger charge is -2.43. The average molecular weight is 469 g/mol. The van der Waals surface area contributed by atoms with E-state index in [2.05, 4.69) is 6.07 Å². The first-order valence-corrected chi connectivity index (χ1v) is 11.2. The number of benzene rings is 1. The summed E-state index contributed by atoms with van der Waals surface area (Å²) in [5.41, 5.74) is 7.72. The normalized spacial score (nSPS) is 20.3. The van der Waals surface area contributed by atoms with Crippen LogP contribution in [0.25, 0.3) is 0 Å². The summed E-state index contributed by atoms with van der Waals surface area (Å²) in [4.78, 5) is 27.8. The number of hydrogen-bond donors (Lipinski definition) is 1.